The minimum Gasteiger partial charge on any atom is -0.372 e. The Labute approximate surface area is 124 Å². The molecule has 0 unspecified atom stereocenters. The summed E-state index contributed by atoms with van der Waals surface area (Å²) in [5.74, 6) is 1.04. The van der Waals surface area contributed by atoms with Crippen LogP contribution in [0.25, 0.3) is 0 Å². The lowest BCUT2D eigenvalue weighted by Gasteiger charge is -2.28. The van der Waals surface area contributed by atoms with E-state index in [4.69, 9.17) is 11.6 Å². The Morgan fingerprint density at radius 2 is 2.20 bits per heavy atom. The molecular formula is C14H21ClN4O. The Morgan fingerprint density at radius 3 is 2.80 bits per heavy atom. The number of likely N-dealkylation sites (tertiary alicyclic amines) is 1. The van der Waals surface area contributed by atoms with E-state index in [1.807, 2.05) is 0 Å². The first kappa shape index (κ1) is 15.1. The molecule has 0 atom stereocenters. The van der Waals surface area contributed by atoms with Gasteiger partial charge in [-0.15, -0.1) is 0 Å². The second-order valence-electron chi connectivity index (χ2n) is 5.26. The minimum atomic E-state index is -0.110. The summed E-state index contributed by atoms with van der Waals surface area (Å²) in [4.78, 5) is 18.5. The third-order valence-corrected chi connectivity index (χ3v) is 4.02. The third kappa shape index (κ3) is 3.84. The lowest BCUT2D eigenvalue weighted by molar-refractivity contribution is 0.0938. The van der Waals surface area contributed by atoms with Crippen LogP contribution >= 0.6 is 11.6 Å². The maximum atomic E-state index is 12.1. The highest BCUT2D eigenvalue weighted by molar-refractivity contribution is 6.33. The highest BCUT2D eigenvalue weighted by atomic mass is 35.5. The van der Waals surface area contributed by atoms with Gasteiger partial charge in [-0.2, -0.15) is 0 Å². The number of carbonyl (C=O) groups is 1. The van der Waals surface area contributed by atoms with E-state index in [-0.39, 0.29) is 5.91 Å². The number of anilines is 1. The molecule has 1 aromatic rings. The molecule has 5 nitrogen and oxygen atoms in total. The van der Waals surface area contributed by atoms with Crippen molar-refractivity contribution in [1.29, 1.82) is 0 Å². The average Bonchev–Trinajstić information content (AvgIpc) is 2.46. The molecule has 2 rings (SSSR count). The van der Waals surface area contributed by atoms with E-state index in [1.54, 1.807) is 19.3 Å². The molecular weight excluding hydrogens is 276 g/mol. The van der Waals surface area contributed by atoms with Crippen LogP contribution in [0.4, 0.5) is 5.82 Å². The van der Waals surface area contributed by atoms with Gasteiger partial charge in [0.15, 0.2) is 0 Å². The highest BCUT2D eigenvalue weighted by Gasteiger charge is 2.18. The van der Waals surface area contributed by atoms with Crippen molar-refractivity contribution in [2.75, 3.05) is 39.0 Å². The highest BCUT2D eigenvalue weighted by Crippen LogP contribution is 2.19. The molecule has 0 bridgehead atoms. The molecule has 1 aliphatic heterocycles. The zero-order chi connectivity index (χ0) is 14.5. The predicted octanol–water partition coefficient (Wildman–Crippen LogP) is 1.85. The Balaban J connectivity index is 1.87. The Morgan fingerprint density at radius 1 is 1.50 bits per heavy atom. The summed E-state index contributed by atoms with van der Waals surface area (Å²) in [6, 6.07) is 1.64. The second-order valence-corrected chi connectivity index (χ2v) is 5.67. The van der Waals surface area contributed by atoms with E-state index < -0.39 is 0 Å². The number of piperidine rings is 1. The van der Waals surface area contributed by atoms with Crippen LogP contribution in [-0.2, 0) is 0 Å². The summed E-state index contributed by atoms with van der Waals surface area (Å²) in [5.41, 5.74) is 0.502. The molecule has 2 heterocycles. The predicted molar refractivity (Wildman–Crippen MR) is 81.3 cm³/mol. The van der Waals surface area contributed by atoms with Gasteiger partial charge >= 0.3 is 0 Å². The number of pyridine rings is 1. The van der Waals surface area contributed by atoms with E-state index in [0.29, 0.717) is 22.3 Å². The van der Waals surface area contributed by atoms with Crippen molar-refractivity contribution in [3.63, 3.8) is 0 Å². The molecule has 1 aliphatic rings. The SMILES string of the molecule is CNc1ncc(C(=O)NCC2CCN(C)CC2)cc1Cl. The van der Waals surface area contributed by atoms with Gasteiger partial charge in [-0.25, -0.2) is 4.98 Å². The zero-order valence-electron chi connectivity index (χ0n) is 11.9. The first-order valence-electron chi connectivity index (χ1n) is 6.90. The molecule has 0 aromatic carbocycles. The molecule has 0 radical (unpaired) electrons. The van der Waals surface area contributed by atoms with Gasteiger partial charge in [-0.05, 0) is 45.0 Å². The first-order chi connectivity index (χ1) is 9.60. The van der Waals surface area contributed by atoms with Gasteiger partial charge in [0, 0.05) is 19.8 Å². The molecule has 6 heteroatoms. The van der Waals surface area contributed by atoms with Crippen molar-refractivity contribution in [3.05, 3.63) is 22.8 Å². The smallest absolute Gasteiger partial charge is 0.252 e. The fourth-order valence-electron chi connectivity index (χ4n) is 2.35. The standard InChI is InChI=1S/C14H21ClN4O/c1-16-13-12(15)7-11(9-17-13)14(20)18-8-10-3-5-19(2)6-4-10/h7,9-10H,3-6,8H2,1-2H3,(H,16,17)(H,18,20). The quantitative estimate of drug-likeness (QED) is 0.890. The van der Waals surface area contributed by atoms with Crippen molar-refractivity contribution in [2.24, 2.45) is 5.92 Å². The van der Waals surface area contributed by atoms with E-state index in [0.717, 1.165) is 32.5 Å². The van der Waals surface area contributed by atoms with Crippen LogP contribution in [0.3, 0.4) is 0 Å². The molecule has 0 saturated carbocycles. The van der Waals surface area contributed by atoms with Gasteiger partial charge in [0.1, 0.15) is 5.82 Å². The molecule has 2 N–H and O–H groups in total. The van der Waals surface area contributed by atoms with Gasteiger partial charge < -0.3 is 15.5 Å². The summed E-state index contributed by atoms with van der Waals surface area (Å²) in [6.07, 6.45) is 3.81. The summed E-state index contributed by atoms with van der Waals surface area (Å²) in [5, 5.41) is 6.30. The van der Waals surface area contributed by atoms with Gasteiger partial charge in [-0.3, -0.25) is 4.79 Å². The van der Waals surface area contributed by atoms with E-state index in [2.05, 4.69) is 27.6 Å². The first-order valence-corrected chi connectivity index (χ1v) is 7.28. The zero-order valence-corrected chi connectivity index (χ0v) is 12.7. The number of aromatic nitrogens is 1. The van der Waals surface area contributed by atoms with Crippen LogP contribution in [-0.4, -0.2) is 49.5 Å². The maximum absolute atomic E-state index is 12.1. The van der Waals surface area contributed by atoms with Crippen LogP contribution in [0.2, 0.25) is 5.02 Å². The van der Waals surface area contributed by atoms with Crippen molar-refractivity contribution >= 4 is 23.3 Å². The number of hydrogen-bond acceptors (Lipinski definition) is 4. The molecule has 0 aliphatic carbocycles. The number of halogens is 1. The van der Waals surface area contributed by atoms with Crippen LogP contribution < -0.4 is 10.6 Å². The number of carbonyl (C=O) groups excluding carboxylic acids is 1. The van der Waals surface area contributed by atoms with Crippen molar-refractivity contribution in [2.45, 2.75) is 12.8 Å². The maximum Gasteiger partial charge on any atom is 0.252 e. The Kier molecular flexibility index (Phi) is 5.20. The number of rotatable bonds is 4. The molecule has 1 aromatic heterocycles. The number of nitrogens with zero attached hydrogens (tertiary/aromatic N) is 2. The van der Waals surface area contributed by atoms with E-state index in [9.17, 15) is 4.79 Å². The van der Waals surface area contributed by atoms with E-state index in [1.165, 1.54) is 0 Å². The summed E-state index contributed by atoms with van der Waals surface area (Å²) in [7, 11) is 3.87. The molecule has 1 amide bonds. The minimum absolute atomic E-state index is 0.110. The number of nitrogens with one attached hydrogen (secondary N) is 2. The fourth-order valence-corrected chi connectivity index (χ4v) is 2.61. The summed E-state index contributed by atoms with van der Waals surface area (Å²) in [6.45, 7) is 2.92. The third-order valence-electron chi connectivity index (χ3n) is 3.73. The van der Waals surface area contributed by atoms with Crippen molar-refractivity contribution in [3.8, 4) is 0 Å². The molecule has 110 valence electrons. The van der Waals surface area contributed by atoms with Crippen molar-refractivity contribution < 1.29 is 4.79 Å². The number of amides is 1. The Hall–Kier alpha value is -1.33. The molecule has 20 heavy (non-hydrogen) atoms. The van der Waals surface area contributed by atoms with Gasteiger partial charge in [0.2, 0.25) is 0 Å². The fraction of sp³-hybridized carbons (Fsp3) is 0.571. The topological polar surface area (TPSA) is 57.3 Å². The molecule has 1 fully saturated rings. The monoisotopic (exact) mass is 296 g/mol. The molecule has 1 saturated heterocycles. The number of hydrogen-bond donors (Lipinski definition) is 2. The van der Waals surface area contributed by atoms with Gasteiger partial charge in [0.25, 0.3) is 5.91 Å². The second kappa shape index (κ2) is 6.90. The normalized spacial score (nSPS) is 16.9. The van der Waals surface area contributed by atoms with Gasteiger partial charge in [-0.1, -0.05) is 11.6 Å². The lowest BCUT2D eigenvalue weighted by Crippen LogP contribution is -2.36. The van der Waals surface area contributed by atoms with Crippen molar-refractivity contribution in [1.82, 2.24) is 15.2 Å². The summed E-state index contributed by atoms with van der Waals surface area (Å²) < 4.78 is 0. The largest absolute Gasteiger partial charge is 0.372 e. The van der Waals surface area contributed by atoms with Crippen LogP contribution in [0.15, 0.2) is 12.3 Å². The van der Waals surface area contributed by atoms with E-state index >= 15 is 0 Å². The van der Waals surface area contributed by atoms with Crippen LogP contribution in [0.1, 0.15) is 23.2 Å². The molecule has 0 spiro atoms. The lowest BCUT2D eigenvalue weighted by atomic mass is 9.97. The summed E-state index contributed by atoms with van der Waals surface area (Å²) >= 11 is 6.03. The van der Waals surface area contributed by atoms with Crippen LogP contribution in [0, 0.1) is 5.92 Å². The Bertz CT molecular complexity index is 472. The van der Waals surface area contributed by atoms with Crippen LogP contribution in [0.5, 0.6) is 0 Å². The van der Waals surface area contributed by atoms with Gasteiger partial charge in [0.05, 0.1) is 10.6 Å². The average molecular weight is 297 g/mol.